The number of likely N-dealkylation sites (N-methyl/N-ethyl adjacent to an activating group) is 1. The molecule has 1 fully saturated rings. The molecule has 9 atom stereocenters. The number of amides is 3. The van der Waals surface area contributed by atoms with E-state index in [4.69, 9.17) is 9.47 Å². The predicted molar refractivity (Wildman–Crippen MR) is 299 cm³/mol. The average Bonchev–Trinajstić information content (AvgIpc) is 3.89. The second-order valence-corrected chi connectivity index (χ2v) is 24.4. The minimum Gasteiger partial charge on any atom is -0.455 e. The highest BCUT2D eigenvalue weighted by molar-refractivity contribution is 8.76. The van der Waals surface area contributed by atoms with E-state index in [0.29, 0.717) is 47.4 Å². The molecule has 0 spiro atoms. The fraction of sp³-hybridized carbons (Fsp3) is 0.536. The number of hydrogen-bond acceptors (Lipinski definition) is 15. The number of quaternary nitrogens is 1. The standard InChI is InChI=1S/C56H75N7O10S3/c1-11-36(4)46(29-50(66)49-19-15-16-26-63(49,10)32-42-20-22-43(23-21-42)59-56(69)72-33-38(6)75-76-45-24-25-52(57-31-45)62(70)71)55(68)61(9)48(35(2)3)30-51(73-40(8)65)54-60-47(34-74-54)53(67)58-44(27-37(5)39(7)64)28-41-17-13-12-14-18-41/h12-14,17-18,20-25,31,34-38,44,46,48-49,51H,11,15-16,19,26-30,32-33H2,1-10H3,(H-,58,59,67,69)/p+1/t36-,37-,38+,44+,46-,48+,49+,51+,63?/m0/s1. The van der Waals surface area contributed by atoms with E-state index >= 15 is 0 Å². The molecular weight excluding hydrogens is 1030 g/mol. The summed E-state index contributed by atoms with van der Waals surface area (Å²) in [6.45, 7) is 16.2. The van der Waals surface area contributed by atoms with Gasteiger partial charge < -0.3 is 34.3 Å². The van der Waals surface area contributed by atoms with Crippen LogP contribution < -0.4 is 10.6 Å². The molecule has 4 aromatic rings. The predicted octanol–water partition coefficient (Wildman–Crippen LogP) is 11.1. The number of nitrogens with one attached hydrogen (secondary N) is 2. The normalized spacial score (nSPS) is 18.2. The number of hydrogen-bond donors (Lipinski definition) is 2. The molecule has 2 aromatic heterocycles. The molecule has 1 unspecified atom stereocenters. The molecular formula is C56H76N7O10S3+. The van der Waals surface area contributed by atoms with Crippen molar-refractivity contribution in [3.05, 3.63) is 110 Å². The summed E-state index contributed by atoms with van der Waals surface area (Å²) in [6.07, 6.45) is 4.54. The van der Waals surface area contributed by atoms with Crippen LogP contribution in [0.25, 0.3) is 0 Å². The summed E-state index contributed by atoms with van der Waals surface area (Å²) in [5.74, 6) is -2.23. The molecule has 1 saturated heterocycles. The Morgan fingerprint density at radius 1 is 0.947 bits per heavy atom. The molecule has 1 aliphatic rings. The highest BCUT2D eigenvalue weighted by Gasteiger charge is 2.43. The summed E-state index contributed by atoms with van der Waals surface area (Å²) in [6, 6.07) is 19.2. The molecule has 2 aromatic carbocycles. The summed E-state index contributed by atoms with van der Waals surface area (Å²) in [7, 11) is 6.72. The van der Waals surface area contributed by atoms with Gasteiger partial charge in [-0.25, -0.2) is 9.78 Å². The van der Waals surface area contributed by atoms with Gasteiger partial charge in [-0.1, -0.05) is 105 Å². The minimum absolute atomic E-state index is 0.0375. The summed E-state index contributed by atoms with van der Waals surface area (Å²) in [4.78, 5) is 102. The number of thiazole rings is 1. The molecule has 0 aliphatic carbocycles. The summed E-state index contributed by atoms with van der Waals surface area (Å²) in [5, 5.41) is 18.8. The largest absolute Gasteiger partial charge is 0.455 e. The van der Waals surface area contributed by atoms with E-state index in [1.165, 1.54) is 52.1 Å². The Balaban J connectivity index is 1.21. The number of anilines is 1. The van der Waals surface area contributed by atoms with E-state index in [1.54, 1.807) is 30.3 Å². The molecule has 0 bridgehead atoms. The molecule has 0 radical (unpaired) electrons. The zero-order valence-corrected chi connectivity index (χ0v) is 48.0. The highest BCUT2D eigenvalue weighted by atomic mass is 33.1. The lowest BCUT2D eigenvalue weighted by molar-refractivity contribution is -0.941. The van der Waals surface area contributed by atoms with Crippen molar-refractivity contribution < 1.29 is 47.6 Å². The van der Waals surface area contributed by atoms with Crippen LogP contribution in [-0.4, -0.2) is 110 Å². The van der Waals surface area contributed by atoms with E-state index in [1.807, 2.05) is 96.1 Å². The first kappa shape index (κ1) is 61.2. The second kappa shape index (κ2) is 29.2. The Hall–Kier alpha value is -5.70. The van der Waals surface area contributed by atoms with E-state index in [9.17, 15) is 38.9 Å². The van der Waals surface area contributed by atoms with E-state index in [-0.39, 0.29) is 83.5 Å². The Morgan fingerprint density at radius 2 is 1.66 bits per heavy atom. The van der Waals surface area contributed by atoms with Crippen molar-refractivity contribution in [2.45, 2.75) is 148 Å². The first-order chi connectivity index (χ1) is 36.1. The van der Waals surface area contributed by atoms with E-state index < -0.39 is 41.0 Å². The van der Waals surface area contributed by atoms with Crippen molar-refractivity contribution in [2.75, 3.05) is 32.6 Å². The second-order valence-electron chi connectivity index (χ2n) is 20.8. The minimum atomic E-state index is -0.855. The number of carbonyl (C=O) groups is 6. The van der Waals surface area contributed by atoms with Gasteiger partial charge in [0.15, 0.2) is 18.1 Å². The van der Waals surface area contributed by atoms with Gasteiger partial charge in [-0.15, -0.1) is 11.3 Å². The molecule has 3 heterocycles. The van der Waals surface area contributed by atoms with Crippen molar-refractivity contribution in [1.82, 2.24) is 20.2 Å². The molecule has 76 heavy (non-hydrogen) atoms. The van der Waals surface area contributed by atoms with Crippen LogP contribution in [0.15, 0.2) is 83.2 Å². The molecule has 3 amide bonds. The van der Waals surface area contributed by atoms with Crippen molar-refractivity contribution in [1.29, 1.82) is 0 Å². The number of ketones is 2. The van der Waals surface area contributed by atoms with Crippen molar-refractivity contribution in [2.24, 2.45) is 23.7 Å². The van der Waals surface area contributed by atoms with Crippen LogP contribution in [0.3, 0.4) is 0 Å². The molecule has 1 aliphatic heterocycles. The number of esters is 1. The molecule has 2 N–H and O–H groups in total. The van der Waals surface area contributed by atoms with Gasteiger partial charge in [0.2, 0.25) is 5.91 Å². The van der Waals surface area contributed by atoms with Gasteiger partial charge in [0, 0.05) is 85.1 Å². The first-order valence-electron chi connectivity index (χ1n) is 26.1. The number of ether oxygens (including phenoxy) is 2. The lowest BCUT2D eigenvalue weighted by atomic mass is 9.82. The number of nitro groups is 1. The van der Waals surface area contributed by atoms with E-state index in [0.717, 1.165) is 35.4 Å². The smallest absolute Gasteiger partial charge is 0.411 e. The summed E-state index contributed by atoms with van der Waals surface area (Å²) in [5.41, 5.74) is 2.76. The van der Waals surface area contributed by atoms with Gasteiger partial charge in [-0.05, 0) is 85.0 Å². The van der Waals surface area contributed by atoms with Gasteiger partial charge in [0.25, 0.3) is 5.91 Å². The van der Waals surface area contributed by atoms with Gasteiger partial charge >= 0.3 is 17.9 Å². The van der Waals surface area contributed by atoms with Gasteiger partial charge in [-0.3, -0.25) is 29.3 Å². The zero-order valence-electron chi connectivity index (χ0n) is 45.5. The average molecular weight is 1100 g/mol. The molecule has 5 rings (SSSR count). The Kier molecular flexibility index (Phi) is 23.5. The summed E-state index contributed by atoms with van der Waals surface area (Å²) < 4.78 is 11.9. The number of Topliss-reactive ketones (excluding diaryl/α,β-unsaturated/α-hetero) is 2. The fourth-order valence-electron chi connectivity index (χ4n) is 9.70. The number of aromatic nitrogens is 2. The maximum absolute atomic E-state index is 14.9. The van der Waals surface area contributed by atoms with E-state index in [2.05, 4.69) is 27.6 Å². The third-order valence-electron chi connectivity index (χ3n) is 14.4. The molecule has 20 heteroatoms. The number of likely N-dealkylation sites (tertiary alicyclic amines) is 1. The quantitative estimate of drug-likeness (QED) is 0.0178. The van der Waals surface area contributed by atoms with Gasteiger partial charge in [-0.2, -0.15) is 0 Å². The Bertz CT molecular complexity index is 2590. The zero-order chi connectivity index (χ0) is 55.7. The maximum atomic E-state index is 14.9. The van der Waals surface area contributed by atoms with Crippen LogP contribution >= 0.6 is 32.9 Å². The number of benzene rings is 2. The van der Waals surface area contributed by atoms with Crippen LogP contribution in [0.5, 0.6) is 0 Å². The molecule has 17 nitrogen and oxygen atoms in total. The SMILES string of the molecule is CC[C@H](C)[C@H](CC(=O)[C@H]1CCCC[N+]1(C)Cc1ccc(NC(=O)OC[C@@H](C)SSc2ccc([N+](=O)[O-])nc2)cc1)C(=O)N(C)[C@H](C[C@@H](OC(C)=O)c1nc(C(=O)N[C@@H](Cc2ccccc2)C[C@H](C)C(C)=O)cs1)C(C)C. The Morgan fingerprint density at radius 3 is 2.28 bits per heavy atom. The maximum Gasteiger partial charge on any atom is 0.411 e. The third-order valence-corrected chi connectivity index (χ3v) is 18.2. The van der Waals surface area contributed by atoms with Crippen LogP contribution in [0.4, 0.5) is 16.3 Å². The number of pyridine rings is 1. The van der Waals surface area contributed by atoms with Crippen LogP contribution in [0.1, 0.15) is 133 Å². The van der Waals surface area contributed by atoms with Crippen molar-refractivity contribution >= 4 is 79.9 Å². The number of rotatable bonds is 28. The van der Waals surface area contributed by atoms with Gasteiger partial charge in [0.05, 0.1) is 18.5 Å². The first-order valence-corrected chi connectivity index (χ1v) is 29.2. The molecule has 412 valence electrons. The Labute approximate surface area is 459 Å². The van der Waals surface area contributed by atoms with Crippen molar-refractivity contribution in [3.63, 3.8) is 0 Å². The molecule has 0 saturated carbocycles. The fourth-order valence-corrected chi connectivity index (χ4v) is 12.4. The monoisotopic (exact) mass is 1100 g/mol. The number of piperidine rings is 1. The van der Waals surface area contributed by atoms with Crippen LogP contribution in [-0.2, 0) is 41.6 Å². The highest BCUT2D eigenvalue weighted by Crippen LogP contribution is 2.36. The topological polar surface area (TPSA) is 217 Å². The number of nitrogens with zero attached hydrogens (tertiary/aromatic N) is 5. The van der Waals surface area contributed by atoms with Crippen molar-refractivity contribution in [3.8, 4) is 0 Å². The third kappa shape index (κ3) is 18.2. The summed E-state index contributed by atoms with van der Waals surface area (Å²) >= 11 is 1.21. The van der Waals surface area contributed by atoms with Gasteiger partial charge in [0.1, 0.15) is 35.7 Å². The lowest BCUT2D eigenvalue weighted by Crippen LogP contribution is -2.58. The van der Waals surface area contributed by atoms with Crippen LogP contribution in [0.2, 0.25) is 0 Å². The number of carbonyl (C=O) groups excluding carboxylic acids is 6. The van der Waals surface area contributed by atoms with Crippen LogP contribution in [0, 0.1) is 33.8 Å². The lowest BCUT2D eigenvalue weighted by Gasteiger charge is -2.44.